The van der Waals surface area contributed by atoms with E-state index in [0.29, 0.717) is 23.4 Å². The minimum atomic E-state index is -0.552. The molecule has 1 N–H and O–H groups in total. The lowest BCUT2D eigenvalue weighted by atomic mass is 9.62. The number of carbonyl (C=O) groups excluding carboxylic acids is 4. The molecule has 2 aliphatic rings. The molecule has 2 heterocycles. The van der Waals surface area contributed by atoms with E-state index in [1.807, 2.05) is 58.2 Å². The maximum Gasteiger partial charge on any atom is 0.341 e. The molecule has 4 rings (SSSR count). The first-order chi connectivity index (χ1) is 17.4. The number of fused-ring (bicyclic) bond motifs is 2. The predicted octanol–water partition coefficient (Wildman–Crippen LogP) is 5.74. The second-order valence-electron chi connectivity index (χ2n) is 11.0. The van der Waals surface area contributed by atoms with Gasteiger partial charge in [0.25, 0.3) is 0 Å². The second kappa shape index (κ2) is 10.0. The summed E-state index contributed by atoms with van der Waals surface area (Å²) < 4.78 is 5.30. The number of nitrogens with zero attached hydrogens (tertiary/aromatic N) is 1. The van der Waals surface area contributed by atoms with E-state index < -0.39 is 11.4 Å². The molecule has 2 bridgehead atoms. The molecule has 1 saturated heterocycles. The lowest BCUT2D eigenvalue weighted by molar-refractivity contribution is -0.168. The van der Waals surface area contributed by atoms with Crippen LogP contribution in [0.5, 0.6) is 0 Å². The molecule has 2 atom stereocenters. The number of likely N-dealkylation sites (tertiary alicyclic amines) is 1. The van der Waals surface area contributed by atoms with Crippen LogP contribution in [0.1, 0.15) is 74.9 Å². The molecule has 1 aromatic heterocycles. The van der Waals surface area contributed by atoms with Gasteiger partial charge in [0.15, 0.2) is 0 Å². The Morgan fingerprint density at radius 1 is 1.16 bits per heavy atom. The molecule has 8 heteroatoms. The molecule has 37 heavy (non-hydrogen) atoms. The Bertz CT molecular complexity index is 1260. The van der Waals surface area contributed by atoms with E-state index in [0.717, 1.165) is 28.7 Å². The number of nitrogens with one attached hydrogen (secondary N) is 1. The Morgan fingerprint density at radius 3 is 2.57 bits per heavy atom. The average Bonchev–Trinajstić information content (AvgIpc) is 3.33. The quantitative estimate of drug-likeness (QED) is 0.351. The Labute approximate surface area is 222 Å². The van der Waals surface area contributed by atoms with Crippen LogP contribution in [0.4, 0.5) is 5.00 Å². The second-order valence-corrected chi connectivity index (χ2v) is 11.8. The van der Waals surface area contributed by atoms with Gasteiger partial charge in [0.1, 0.15) is 10.6 Å². The van der Waals surface area contributed by atoms with Crippen molar-refractivity contribution in [3.63, 3.8) is 0 Å². The number of ether oxygens (including phenoxy) is 1. The fourth-order valence-corrected chi connectivity index (χ4v) is 6.65. The van der Waals surface area contributed by atoms with Gasteiger partial charge >= 0.3 is 5.97 Å². The van der Waals surface area contributed by atoms with Crippen LogP contribution in [0, 0.1) is 30.6 Å². The topological polar surface area (TPSA) is 92.8 Å². The van der Waals surface area contributed by atoms with E-state index in [2.05, 4.69) is 5.32 Å². The lowest BCUT2D eigenvalue weighted by Crippen LogP contribution is -2.59. The minimum Gasteiger partial charge on any atom is -0.462 e. The van der Waals surface area contributed by atoms with Crippen LogP contribution in [0.2, 0.25) is 0 Å². The van der Waals surface area contributed by atoms with Crippen LogP contribution < -0.4 is 5.32 Å². The minimum absolute atomic E-state index is 0.119. The summed E-state index contributed by atoms with van der Waals surface area (Å²) in [5, 5.41) is 5.16. The first kappa shape index (κ1) is 27.0. The molecule has 2 unspecified atom stereocenters. The van der Waals surface area contributed by atoms with Gasteiger partial charge in [0, 0.05) is 29.8 Å². The van der Waals surface area contributed by atoms with Gasteiger partial charge in [0.05, 0.1) is 12.0 Å². The summed E-state index contributed by atoms with van der Waals surface area (Å²) in [4.78, 5) is 53.3. The third-order valence-electron chi connectivity index (χ3n) is 8.63. The number of carbonyl (C=O) groups is 4. The van der Waals surface area contributed by atoms with Crippen molar-refractivity contribution in [3.8, 4) is 11.1 Å². The van der Waals surface area contributed by atoms with E-state index in [9.17, 15) is 19.2 Å². The maximum atomic E-state index is 13.2. The molecular formula is C29H36N2O5S. The Balaban J connectivity index is 1.45. The van der Waals surface area contributed by atoms with Gasteiger partial charge < -0.3 is 10.1 Å². The van der Waals surface area contributed by atoms with Crippen LogP contribution >= 0.6 is 11.3 Å². The highest BCUT2D eigenvalue weighted by molar-refractivity contribution is 7.15. The van der Waals surface area contributed by atoms with Gasteiger partial charge in [0.2, 0.25) is 17.7 Å². The van der Waals surface area contributed by atoms with Gasteiger partial charge in [-0.15, -0.1) is 11.3 Å². The number of aryl methyl sites for hydroxylation is 2. The highest BCUT2D eigenvalue weighted by atomic mass is 32.1. The summed E-state index contributed by atoms with van der Waals surface area (Å²) in [6.07, 6.45) is 1.92. The van der Waals surface area contributed by atoms with E-state index in [1.54, 1.807) is 6.92 Å². The number of anilines is 1. The summed E-state index contributed by atoms with van der Waals surface area (Å²) in [5.74, 6) is -1.16. The number of thiophene rings is 1. The number of imide groups is 1. The molecule has 1 saturated carbocycles. The van der Waals surface area contributed by atoms with Gasteiger partial charge in [-0.3, -0.25) is 19.3 Å². The van der Waals surface area contributed by atoms with Crippen molar-refractivity contribution in [2.24, 2.45) is 16.7 Å². The zero-order valence-electron chi connectivity index (χ0n) is 22.5. The molecule has 1 aromatic carbocycles. The maximum absolute atomic E-state index is 13.2. The summed E-state index contributed by atoms with van der Waals surface area (Å²) in [6, 6.07) is 5.99. The summed E-state index contributed by atoms with van der Waals surface area (Å²) in [7, 11) is 0. The van der Waals surface area contributed by atoms with Gasteiger partial charge in [-0.05, 0) is 62.1 Å². The number of hydrogen-bond donors (Lipinski definition) is 1. The van der Waals surface area contributed by atoms with Crippen molar-refractivity contribution in [1.29, 1.82) is 0 Å². The number of rotatable bonds is 8. The van der Waals surface area contributed by atoms with Crippen LogP contribution in [-0.4, -0.2) is 41.7 Å². The summed E-state index contributed by atoms with van der Waals surface area (Å²) in [5.41, 5.74) is 3.30. The Hall–Kier alpha value is -3.00. The van der Waals surface area contributed by atoms with Gasteiger partial charge in [-0.2, -0.15) is 0 Å². The molecule has 2 fully saturated rings. The highest BCUT2D eigenvalue weighted by Crippen LogP contribution is 2.60. The zero-order valence-corrected chi connectivity index (χ0v) is 23.3. The molecular weight excluding hydrogens is 488 g/mol. The molecule has 7 nitrogen and oxygen atoms in total. The highest BCUT2D eigenvalue weighted by Gasteiger charge is 2.64. The molecule has 198 valence electrons. The third kappa shape index (κ3) is 4.60. The van der Waals surface area contributed by atoms with Crippen molar-refractivity contribution in [1.82, 2.24) is 4.90 Å². The SMILES string of the molecule is CCOC(=O)c1c(-c2ccc(C)c(C)c2)csc1NC(=O)CCCN1C(=O)C2CCC(C)(C1=O)C2(C)C. The Kier molecular flexibility index (Phi) is 7.34. The van der Waals surface area contributed by atoms with Crippen LogP contribution in [-0.2, 0) is 19.1 Å². The first-order valence-corrected chi connectivity index (χ1v) is 13.8. The van der Waals surface area contributed by atoms with Crippen molar-refractivity contribution in [3.05, 3.63) is 40.3 Å². The fraction of sp³-hybridized carbons (Fsp3) is 0.517. The van der Waals surface area contributed by atoms with E-state index in [-0.39, 0.29) is 48.6 Å². The first-order valence-electron chi connectivity index (χ1n) is 12.9. The van der Waals surface area contributed by atoms with Crippen molar-refractivity contribution in [2.45, 2.75) is 67.2 Å². The molecule has 0 spiro atoms. The van der Waals surface area contributed by atoms with Crippen LogP contribution in [0.3, 0.4) is 0 Å². The van der Waals surface area contributed by atoms with Crippen LogP contribution in [0.25, 0.3) is 11.1 Å². The fourth-order valence-electron chi connectivity index (χ4n) is 5.68. The number of hydrogen-bond acceptors (Lipinski definition) is 6. The monoisotopic (exact) mass is 524 g/mol. The third-order valence-corrected chi connectivity index (χ3v) is 9.53. The number of piperidine rings is 1. The van der Waals surface area contributed by atoms with E-state index in [4.69, 9.17) is 4.74 Å². The number of benzene rings is 1. The summed E-state index contributed by atoms with van der Waals surface area (Å²) in [6.45, 7) is 12.2. The molecule has 3 amide bonds. The van der Waals surface area contributed by atoms with Crippen molar-refractivity contribution < 1.29 is 23.9 Å². The van der Waals surface area contributed by atoms with Gasteiger partial charge in [-0.25, -0.2) is 4.79 Å². The summed E-state index contributed by atoms with van der Waals surface area (Å²) >= 11 is 1.28. The smallest absolute Gasteiger partial charge is 0.341 e. The van der Waals surface area contributed by atoms with Crippen molar-refractivity contribution in [2.75, 3.05) is 18.5 Å². The predicted molar refractivity (Wildman–Crippen MR) is 144 cm³/mol. The van der Waals surface area contributed by atoms with E-state index in [1.165, 1.54) is 16.2 Å². The van der Waals surface area contributed by atoms with E-state index >= 15 is 0 Å². The normalized spacial score (nSPS) is 22.3. The molecule has 1 aliphatic carbocycles. The standard InChI is InChI=1S/C29H36N2O5S/c1-7-36-26(34)23-20(19-11-10-17(2)18(3)15-19)16-37-24(23)30-22(32)9-8-14-31-25(33)21-12-13-29(6,27(31)35)28(21,4)5/h10-11,15-16,21H,7-9,12-14H2,1-6H3,(H,30,32). The van der Waals surface area contributed by atoms with Crippen molar-refractivity contribution >= 4 is 40.0 Å². The molecule has 0 radical (unpaired) electrons. The zero-order chi connectivity index (χ0) is 27.1. The van der Waals surface area contributed by atoms with Crippen LogP contribution in [0.15, 0.2) is 23.6 Å². The average molecular weight is 525 g/mol. The lowest BCUT2D eigenvalue weighted by Gasteiger charge is -2.47. The Morgan fingerprint density at radius 2 is 1.89 bits per heavy atom. The molecule has 1 aliphatic heterocycles. The largest absolute Gasteiger partial charge is 0.462 e. The number of esters is 1. The van der Waals surface area contributed by atoms with Gasteiger partial charge in [-0.1, -0.05) is 39.0 Å². The number of amides is 3. The molecule has 2 aromatic rings.